The lowest BCUT2D eigenvalue weighted by molar-refractivity contribution is 0.399. The third kappa shape index (κ3) is 3.47. The maximum atomic E-state index is 4.78. The molecule has 158 valence electrons. The molecule has 0 saturated carbocycles. The third-order valence-electron chi connectivity index (χ3n) is 6.70. The summed E-state index contributed by atoms with van der Waals surface area (Å²) in [7, 11) is 0. The van der Waals surface area contributed by atoms with Crippen molar-refractivity contribution in [1.29, 1.82) is 0 Å². The van der Waals surface area contributed by atoms with Crippen LogP contribution in [0.25, 0.3) is 6.08 Å². The lowest BCUT2D eigenvalue weighted by Crippen LogP contribution is -2.43. The van der Waals surface area contributed by atoms with E-state index in [1.165, 1.54) is 28.1 Å². The second kappa shape index (κ2) is 7.78. The molecule has 0 unspecified atom stereocenters. The van der Waals surface area contributed by atoms with Gasteiger partial charge in [0, 0.05) is 43.6 Å². The number of piperazine rings is 1. The van der Waals surface area contributed by atoms with Crippen molar-refractivity contribution in [3.8, 4) is 0 Å². The minimum atomic E-state index is 0.339. The molecule has 1 aromatic heterocycles. The van der Waals surface area contributed by atoms with Gasteiger partial charge >= 0.3 is 0 Å². The lowest BCUT2D eigenvalue weighted by Gasteiger charge is -2.30. The van der Waals surface area contributed by atoms with Gasteiger partial charge in [-0.3, -0.25) is 15.1 Å². The fourth-order valence-corrected chi connectivity index (χ4v) is 5.06. The van der Waals surface area contributed by atoms with Crippen LogP contribution in [-0.2, 0) is 13.0 Å². The van der Waals surface area contributed by atoms with E-state index in [4.69, 9.17) is 5.10 Å². The second-order valence-corrected chi connectivity index (χ2v) is 8.58. The van der Waals surface area contributed by atoms with E-state index in [9.17, 15) is 0 Å². The van der Waals surface area contributed by atoms with Crippen LogP contribution in [0.3, 0.4) is 0 Å². The molecule has 1 aliphatic carbocycles. The smallest absolute Gasteiger partial charge is 0.0812 e. The molecule has 3 aliphatic rings. The number of aromatic nitrogens is 2. The normalized spacial score (nSPS) is 19.9. The van der Waals surface area contributed by atoms with Gasteiger partial charge in [-0.25, -0.2) is 0 Å². The number of hydrogen-bond donors (Lipinski definition) is 2. The Balaban J connectivity index is 1.18. The molecule has 6 heteroatoms. The molecule has 1 saturated heterocycles. The van der Waals surface area contributed by atoms with Crippen LogP contribution in [0.4, 0.5) is 11.4 Å². The van der Waals surface area contributed by atoms with Gasteiger partial charge < -0.3 is 10.2 Å². The molecule has 0 spiro atoms. The molecule has 0 bridgehead atoms. The predicted molar refractivity (Wildman–Crippen MR) is 125 cm³/mol. The average molecular weight is 413 g/mol. The molecule has 31 heavy (non-hydrogen) atoms. The molecule has 1 atom stereocenters. The number of aryl methyl sites for hydroxylation is 1. The van der Waals surface area contributed by atoms with Gasteiger partial charge in [-0.2, -0.15) is 5.10 Å². The van der Waals surface area contributed by atoms with Crippen LogP contribution in [0.2, 0.25) is 0 Å². The minimum Gasteiger partial charge on any atom is -0.369 e. The number of benzene rings is 2. The van der Waals surface area contributed by atoms with E-state index in [0.29, 0.717) is 6.04 Å². The van der Waals surface area contributed by atoms with Crippen molar-refractivity contribution in [1.82, 2.24) is 20.1 Å². The van der Waals surface area contributed by atoms with Crippen LogP contribution in [0.15, 0.2) is 60.9 Å². The number of hydrazine groups is 1. The molecule has 3 aromatic rings. The highest BCUT2D eigenvalue weighted by Gasteiger charge is 2.28. The number of hydrogen-bond acceptors (Lipinski definition) is 5. The summed E-state index contributed by atoms with van der Waals surface area (Å²) in [5, 5.41) is 10.3. The summed E-state index contributed by atoms with van der Waals surface area (Å²) in [5.74, 6) is 0. The van der Waals surface area contributed by atoms with Gasteiger partial charge in [0.1, 0.15) is 0 Å². The number of fused-ring (bicyclic) bond motifs is 2. The van der Waals surface area contributed by atoms with E-state index in [2.05, 4.69) is 86.1 Å². The van der Waals surface area contributed by atoms with Gasteiger partial charge in [-0.1, -0.05) is 24.3 Å². The van der Waals surface area contributed by atoms with Gasteiger partial charge in [0.2, 0.25) is 0 Å². The van der Waals surface area contributed by atoms with Crippen molar-refractivity contribution in [2.75, 3.05) is 36.5 Å². The highest BCUT2D eigenvalue weighted by molar-refractivity contribution is 5.57. The van der Waals surface area contributed by atoms with Crippen LogP contribution in [-0.4, -0.2) is 41.0 Å². The SMILES string of the molecule is C1=CN(Nc2ccc(N3CCNCC3)cc2)Cc2c1cnn2[C@@H]1CCc2ccccc21. The van der Waals surface area contributed by atoms with Crippen LogP contribution >= 0.6 is 0 Å². The molecule has 0 amide bonds. The third-order valence-corrected chi connectivity index (χ3v) is 6.70. The number of anilines is 2. The maximum absolute atomic E-state index is 4.78. The van der Waals surface area contributed by atoms with Crippen molar-refractivity contribution in [3.05, 3.63) is 83.3 Å². The molecule has 6 nitrogen and oxygen atoms in total. The van der Waals surface area contributed by atoms with Crippen molar-refractivity contribution in [2.45, 2.75) is 25.4 Å². The van der Waals surface area contributed by atoms with Crippen molar-refractivity contribution < 1.29 is 0 Å². The highest BCUT2D eigenvalue weighted by atomic mass is 15.5. The van der Waals surface area contributed by atoms with E-state index in [0.717, 1.165) is 51.3 Å². The van der Waals surface area contributed by atoms with Crippen LogP contribution in [0.5, 0.6) is 0 Å². The van der Waals surface area contributed by atoms with Crippen molar-refractivity contribution >= 4 is 17.5 Å². The van der Waals surface area contributed by atoms with Gasteiger partial charge in [-0.15, -0.1) is 0 Å². The first-order valence-corrected chi connectivity index (χ1v) is 11.3. The Bertz CT molecular complexity index is 1090. The van der Waals surface area contributed by atoms with Crippen LogP contribution < -0.4 is 15.6 Å². The molecular weight excluding hydrogens is 384 g/mol. The van der Waals surface area contributed by atoms with Gasteiger partial charge in [0.15, 0.2) is 0 Å². The summed E-state index contributed by atoms with van der Waals surface area (Å²) in [4.78, 5) is 2.44. The standard InChI is InChI=1S/C25H28N6/c1-2-4-23-19(3-1)5-10-24(23)31-25-18-30(14-11-20(25)17-27-31)28-21-6-8-22(9-7-21)29-15-12-26-13-16-29/h1-4,6-9,11,14,17,24,26,28H,5,10,12-13,15-16,18H2/t24-/m1/s1. The molecule has 2 aliphatic heterocycles. The summed E-state index contributed by atoms with van der Waals surface area (Å²) in [6.07, 6.45) is 8.53. The Hall–Kier alpha value is -3.25. The average Bonchev–Trinajstić information content (AvgIpc) is 3.44. The van der Waals surface area contributed by atoms with Crippen LogP contribution in [0, 0.1) is 0 Å². The summed E-state index contributed by atoms with van der Waals surface area (Å²) in [5.41, 5.74) is 11.3. The Morgan fingerprint density at radius 3 is 2.71 bits per heavy atom. The number of rotatable bonds is 4. The van der Waals surface area contributed by atoms with Crippen molar-refractivity contribution in [2.24, 2.45) is 0 Å². The van der Waals surface area contributed by atoms with E-state index < -0.39 is 0 Å². The molecule has 2 aromatic carbocycles. The summed E-state index contributed by atoms with van der Waals surface area (Å²) in [6.45, 7) is 5.04. The largest absolute Gasteiger partial charge is 0.369 e. The van der Waals surface area contributed by atoms with Gasteiger partial charge in [0.25, 0.3) is 0 Å². The first-order chi connectivity index (χ1) is 15.3. The number of nitrogens with one attached hydrogen (secondary N) is 2. The zero-order chi connectivity index (χ0) is 20.6. The Morgan fingerprint density at radius 1 is 1.00 bits per heavy atom. The predicted octanol–water partition coefficient (Wildman–Crippen LogP) is 3.64. The molecule has 1 fully saturated rings. The molecular formula is C25H28N6. The molecule has 6 rings (SSSR count). The van der Waals surface area contributed by atoms with E-state index >= 15 is 0 Å². The zero-order valence-corrected chi connectivity index (χ0v) is 17.7. The van der Waals surface area contributed by atoms with E-state index in [1.54, 1.807) is 0 Å². The monoisotopic (exact) mass is 412 g/mol. The van der Waals surface area contributed by atoms with E-state index in [1.807, 2.05) is 6.20 Å². The minimum absolute atomic E-state index is 0.339. The first-order valence-electron chi connectivity index (χ1n) is 11.3. The molecule has 2 N–H and O–H groups in total. The summed E-state index contributed by atoms with van der Waals surface area (Å²) in [6, 6.07) is 17.9. The van der Waals surface area contributed by atoms with Gasteiger partial charge in [-0.05, 0) is 54.3 Å². The Morgan fingerprint density at radius 2 is 1.84 bits per heavy atom. The molecule has 3 heterocycles. The highest BCUT2D eigenvalue weighted by Crippen LogP contribution is 2.36. The quantitative estimate of drug-likeness (QED) is 0.685. The zero-order valence-electron chi connectivity index (χ0n) is 17.7. The fourth-order valence-electron chi connectivity index (χ4n) is 5.06. The second-order valence-electron chi connectivity index (χ2n) is 8.58. The molecule has 0 radical (unpaired) electrons. The number of nitrogens with zero attached hydrogens (tertiary/aromatic N) is 4. The first kappa shape index (κ1) is 18.5. The topological polar surface area (TPSA) is 48.4 Å². The van der Waals surface area contributed by atoms with Crippen molar-refractivity contribution in [3.63, 3.8) is 0 Å². The summed E-state index contributed by atoms with van der Waals surface area (Å²) < 4.78 is 2.24. The Labute approximate surface area is 183 Å². The van der Waals surface area contributed by atoms with Crippen LogP contribution in [0.1, 0.15) is 34.8 Å². The fraction of sp³-hybridized carbons (Fsp3) is 0.320. The summed E-state index contributed by atoms with van der Waals surface area (Å²) >= 11 is 0. The van der Waals surface area contributed by atoms with E-state index in [-0.39, 0.29) is 0 Å². The lowest BCUT2D eigenvalue weighted by atomic mass is 10.1. The van der Waals surface area contributed by atoms with Gasteiger partial charge in [0.05, 0.1) is 30.2 Å². The maximum Gasteiger partial charge on any atom is 0.0812 e. The Kier molecular flexibility index (Phi) is 4.65.